The number of hydrogen-bond acceptors (Lipinski definition) is 3. The quantitative estimate of drug-likeness (QED) is 0.687. The molecule has 0 unspecified atom stereocenters. The van der Waals surface area contributed by atoms with Crippen LogP contribution in [0.25, 0.3) is 0 Å². The number of rotatable bonds is 2. The van der Waals surface area contributed by atoms with Gasteiger partial charge < -0.3 is 9.64 Å². The summed E-state index contributed by atoms with van der Waals surface area (Å²) in [4.78, 5) is 13.7. The molecule has 3 nitrogen and oxygen atoms in total. The SMILES string of the molecule is CCOC(=O)[C@@H]1Cc2ccccc2N1C. The third-order valence-corrected chi connectivity index (χ3v) is 2.81. The molecule has 0 N–H and O–H groups in total. The van der Waals surface area contributed by atoms with Gasteiger partial charge in [-0.25, -0.2) is 4.79 Å². The second-order valence-corrected chi connectivity index (χ2v) is 3.71. The highest BCUT2D eigenvalue weighted by Crippen LogP contribution is 2.30. The largest absolute Gasteiger partial charge is 0.464 e. The van der Waals surface area contributed by atoms with Gasteiger partial charge in [-0.2, -0.15) is 0 Å². The Labute approximate surface area is 89.7 Å². The number of nitrogens with zero attached hydrogens (tertiary/aromatic N) is 1. The van der Waals surface area contributed by atoms with Crippen LogP contribution < -0.4 is 4.90 Å². The lowest BCUT2D eigenvalue weighted by Gasteiger charge is -2.20. The minimum absolute atomic E-state index is 0.129. The lowest BCUT2D eigenvalue weighted by Crippen LogP contribution is -2.37. The molecular formula is C12H15NO2. The molecule has 1 aliphatic heterocycles. The summed E-state index contributed by atoms with van der Waals surface area (Å²) in [5, 5.41) is 0. The van der Waals surface area contributed by atoms with Crippen LogP contribution in [0.15, 0.2) is 24.3 Å². The summed E-state index contributed by atoms with van der Waals surface area (Å²) in [6, 6.07) is 7.94. The van der Waals surface area contributed by atoms with Crippen molar-refractivity contribution >= 4 is 11.7 Å². The highest BCUT2D eigenvalue weighted by atomic mass is 16.5. The van der Waals surface area contributed by atoms with Gasteiger partial charge in [0.05, 0.1) is 6.61 Å². The molecular weight excluding hydrogens is 190 g/mol. The number of para-hydroxylation sites is 1. The Kier molecular flexibility index (Phi) is 2.62. The summed E-state index contributed by atoms with van der Waals surface area (Å²) >= 11 is 0. The van der Waals surface area contributed by atoms with Crippen LogP contribution in [-0.4, -0.2) is 25.7 Å². The average molecular weight is 205 g/mol. The van der Waals surface area contributed by atoms with E-state index in [1.54, 1.807) is 0 Å². The lowest BCUT2D eigenvalue weighted by molar-refractivity contribution is -0.144. The number of hydrogen-bond donors (Lipinski definition) is 0. The third kappa shape index (κ3) is 1.69. The smallest absolute Gasteiger partial charge is 0.329 e. The highest BCUT2D eigenvalue weighted by Gasteiger charge is 2.32. The fraction of sp³-hybridized carbons (Fsp3) is 0.417. The van der Waals surface area contributed by atoms with Crippen LogP contribution in [0, 0.1) is 0 Å². The van der Waals surface area contributed by atoms with Crippen LogP contribution in [0.5, 0.6) is 0 Å². The molecule has 0 fully saturated rings. The number of likely N-dealkylation sites (N-methyl/N-ethyl adjacent to an activating group) is 1. The zero-order valence-electron chi connectivity index (χ0n) is 9.06. The van der Waals surface area contributed by atoms with E-state index < -0.39 is 0 Å². The molecule has 0 saturated heterocycles. The second-order valence-electron chi connectivity index (χ2n) is 3.71. The predicted octanol–water partition coefficient (Wildman–Crippen LogP) is 1.61. The Morgan fingerprint density at radius 3 is 2.93 bits per heavy atom. The summed E-state index contributed by atoms with van der Waals surface area (Å²) in [6.07, 6.45) is 0.755. The average Bonchev–Trinajstić information content (AvgIpc) is 2.57. The Bertz CT molecular complexity index is 376. The maximum atomic E-state index is 11.7. The van der Waals surface area contributed by atoms with Crippen LogP contribution in [0.4, 0.5) is 5.69 Å². The zero-order chi connectivity index (χ0) is 10.8. The van der Waals surface area contributed by atoms with Gasteiger partial charge in [0.25, 0.3) is 0 Å². The van der Waals surface area contributed by atoms with E-state index in [9.17, 15) is 4.79 Å². The van der Waals surface area contributed by atoms with E-state index in [1.165, 1.54) is 5.56 Å². The number of carbonyl (C=O) groups is 1. The molecule has 0 saturated carbocycles. The summed E-state index contributed by atoms with van der Waals surface area (Å²) in [7, 11) is 1.94. The van der Waals surface area contributed by atoms with E-state index in [0.717, 1.165) is 12.1 Å². The molecule has 2 rings (SSSR count). The first kappa shape index (κ1) is 10.0. The van der Waals surface area contributed by atoms with Crippen molar-refractivity contribution < 1.29 is 9.53 Å². The molecule has 1 heterocycles. The third-order valence-electron chi connectivity index (χ3n) is 2.81. The van der Waals surface area contributed by atoms with Gasteiger partial charge in [0.1, 0.15) is 6.04 Å². The Morgan fingerprint density at radius 1 is 1.53 bits per heavy atom. The van der Waals surface area contributed by atoms with E-state index in [1.807, 2.05) is 37.1 Å². The summed E-state index contributed by atoms with van der Waals surface area (Å²) in [5.74, 6) is -0.129. The molecule has 80 valence electrons. The molecule has 0 aliphatic carbocycles. The van der Waals surface area contributed by atoms with Crippen LogP contribution in [-0.2, 0) is 16.0 Å². The zero-order valence-corrected chi connectivity index (χ0v) is 9.06. The van der Waals surface area contributed by atoms with E-state index in [-0.39, 0.29) is 12.0 Å². The monoisotopic (exact) mass is 205 g/mol. The van der Waals surface area contributed by atoms with Crippen molar-refractivity contribution in [3.05, 3.63) is 29.8 Å². The first-order valence-corrected chi connectivity index (χ1v) is 5.21. The van der Waals surface area contributed by atoms with Crippen molar-refractivity contribution in [3.8, 4) is 0 Å². The number of fused-ring (bicyclic) bond motifs is 1. The molecule has 0 radical (unpaired) electrons. The van der Waals surface area contributed by atoms with Crippen molar-refractivity contribution in [1.82, 2.24) is 0 Å². The van der Waals surface area contributed by atoms with Gasteiger partial charge in [-0.1, -0.05) is 18.2 Å². The van der Waals surface area contributed by atoms with Gasteiger partial charge in [0.15, 0.2) is 0 Å². The van der Waals surface area contributed by atoms with Crippen molar-refractivity contribution in [1.29, 1.82) is 0 Å². The van der Waals surface area contributed by atoms with Crippen molar-refractivity contribution in [2.45, 2.75) is 19.4 Å². The molecule has 0 bridgehead atoms. The van der Waals surface area contributed by atoms with Gasteiger partial charge in [0, 0.05) is 19.2 Å². The number of esters is 1. The van der Waals surface area contributed by atoms with Gasteiger partial charge >= 0.3 is 5.97 Å². The first-order chi connectivity index (χ1) is 7.24. The van der Waals surface area contributed by atoms with Gasteiger partial charge in [0.2, 0.25) is 0 Å². The Morgan fingerprint density at radius 2 is 2.27 bits per heavy atom. The molecule has 0 spiro atoms. The van der Waals surface area contributed by atoms with Gasteiger partial charge in [-0.15, -0.1) is 0 Å². The normalized spacial score (nSPS) is 18.8. The molecule has 1 aromatic rings. The summed E-state index contributed by atoms with van der Waals surface area (Å²) in [5.41, 5.74) is 2.36. The molecule has 1 atom stereocenters. The molecule has 15 heavy (non-hydrogen) atoms. The van der Waals surface area contributed by atoms with Gasteiger partial charge in [-0.05, 0) is 18.6 Å². The van der Waals surface area contributed by atoms with Crippen molar-refractivity contribution in [2.75, 3.05) is 18.6 Å². The fourth-order valence-electron chi connectivity index (χ4n) is 2.02. The molecule has 0 amide bonds. The minimum atomic E-state index is -0.151. The molecule has 3 heteroatoms. The number of anilines is 1. The number of benzene rings is 1. The van der Waals surface area contributed by atoms with E-state index in [4.69, 9.17) is 4.74 Å². The predicted molar refractivity (Wildman–Crippen MR) is 59.0 cm³/mol. The van der Waals surface area contributed by atoms with Crippen LogP contribution in [0.2, 0.25) is 0 Å². The number of carbonyl (C=O) groups excluding carboxylic acids is 1. The minimum Gasteiger partial charge on any atom is -0.464 e. The lowest BCUT2D eigenvalue weighted by atomic mass is 10.1. The Hall–Kier alpha value is -1.51. The maximum Gasteiger partial charge on any atom is 0.329 e. The van der Waals surface area contributed by atoms with E-state index in [2.05, 4.69) is 6.07 Å². The van der Waals surface area contributed by atoms with E-state index in [0.29, 0.717) is 6.61 Å². The second kappa shape index (κ2) is 3.93. The topological polar surface area (TPSA) is 29.5 Å². The maximum absolute atomic E-state index is 11.7. The van der Waals surface area contributed by atoms with Crippen LogP contribution in [0.3, 0.4) is 0 Å². The van der Waals surface area contributed by atoms with Crippen molar-refractivity contribution in [3.63, 3.8) is 0 Å². The van der Waals surface area contributed by atoms with Crippen molar-refractivity contribution in [2.24, 2.45) is 0 Å². The summed E-state index contributed by atoms with van der Waals surface area (Å²) in [6.45, 7) is 2.28. The van der Waals surface area contributed by atoms with Crippen LogP contribution >= 0.6 is 0 Å². The highest BCUT2D eigenvalue weighted by molar-refractivity contribution is 5.83. The summed E-state index contributed by atoms with van der Waals surface area (Å²) < 4.78 is 5.05. The van der Waals surface area contributed by atoms with Crippen LogP contribution in [0.1, 0.15) is 12.5 Å². The van der Waals surface area contributed by atoms with E-state index >= 15 is 0 Å². The molecule has 0 aromatic heterocycles. The Balaban J connectivity index is 2.19. The fourth-order valence-corrected chi connectivity index (χ4v) is 2.02. The molecule has 1 aliphatic rings. The standard InChI is InChI=1S/C12H15NO2/c1-3-15-12(14)11-8-9-6-4-5-7-10(9)13(11)2/h4-7,11H,3,8H2,1-2H3/t11-/m0/s1. The number of ether oxygens (including phenoxy) is 1. The first-order valence-electron chi connectivity index (χ1n) is 5.21. The van der Waals surface area contributed by atoms with Gasteiger partial charge in [-0.3, -0.25) is 0 Å². The molecule has 1 aromatic carbocycles.